The molecule has 1 aliphatic heterocycles. The van der Waals surface area contributed by atoms with E-state index < -0.39 is 0 Å². The minimum absolute atomic E-state index is 0.00388. The average molecular weight is 341 g/mol. The summed E-state index contributed by atoms with van der Waals surface area (Å²) in [6.45, 7) is 6.38. The van der Waals surface area contributed by atoms with Gasteiger partial charge in [0, 0.05) is 23.9 Å². The summed E-state index contributed by atoms with van der Waals surface area (Å²) < 4.78 is 5.81. The summed E-state index contributed by atoms with van der Waals surface area (Å²) >= 11 is 0. The van der Waals surface area contributed by atoms with E-state index in [1.807, 2.05) is 12.3 Å². The van der Waals surface area contributed by atoms with Crippen molar-refractivity contribution in [3.05, 3.63) is 41.7 Å². The van der Waals surface area contributed by atoms with Gasteiger partial charge in [-0.2, -0.15) is 0 Å². The zero-order valence-corrected chi connectivity index (χ0v) is 15.3. The molecule has 25 heavy (non-hydrogen) atoms. The maximum atomic E-state index is 12.5. The Morgan fingerprint density at radius 3 is 3.12 bits per heavy atom. The SMILES string of the molecule is C[C@H]1CCC[C@]2(C)C[C@H]3OC(=O)[C@H](C[NH2+]Cc4cccnc4)[C@H]3C=C12. The molecule has 5 atom stereocenters. The Labute approximate surface area is 150 Å². The van der Waals surface area contributed by atoms with Gasteiger partial charge in [-0.25, -0.2) is 0 Å². The molecule has 2 fully saturated rings. The van der Waals surface area contributed by atoms with Crippen LogP contribution in [0.5, 0.6) is 0 Å². The lowest BCUT2D eigenvalue weighted by Gasteiger charge is -2.45. The molecule has 2 N–H and O–H groups in total. The van der Waals surface area contributed by atoms with Gasteiger partial charge in [-0.1, -0.05) is 38.0 Å². The highest BCUT2D eigenvalue weighted by atomic mass is 16.6. The highest BCUT2D eigenvalue weighted by Crippen LogP contribution is 2.53. The molecule has 1 saturated carbocycles. The van der Waals surface area contributed by atoms with E-state index in [0.29, 0.717) is 5.92 Å². The van der Waals surface area contributed by atoms with Crippen molar-refractivity contribution in [3.8, 4) is 0 Å². The number of hydrogen-bond donors (Lipinski definition) is 1. The third-order valence-corrected chi connectivity index (χ3v) is 6.60. The normalized spacial score (nSPS) is 37.0. The number of nitrogens with zero attached hydrogens (tertiary/aromatic N) is 1. The third-order valence-electron chi connectivity index (χ3n) is 6.60. The number of pyridine rings is 1. The van der Waals surface area contributed by atoms with Gasteiger partial charge in [-0.05, 0) is 36.7 Å². The summed E-state index contributed by atoms with van der Waals surface area (Å²) in [6, 6.07) is 4.04. The van der Waals surface area contributed by atoms with Gasteiger partial charge in [0.15, 0.2) is 0 Å². The molecule has 134 valence electrons. The molecule has 4 nitrogen and oxygen atoms in total. The predicted molar refractivity (Wildman–Crippen MR) is 95.4 cm³/mol. The van der Waals surface area contributed by atoms with Crippen LogP contribution in [0.3, 0.4) is 0 Å². The van der Waals surface area contributed by atoms with E-state index in [2.05, 4.69) is 36.3 Å². The Morgan fingerprint density at radius 1 is 1.44 bits per heavy atom. The van der Waals surface area contributed by atoms with E-state index in [1.165, 1.54) is 24.8 Å². The topological polar surface area (TPSA) is 55.8 Å². The number of nitrogens with two attached hydrogens (primary N) is 1. The predicted octanol–water partition coefficient (Wildman–Crippen LogP) is 2.46. The fourth-order valence-corrected chi connectivity index (χ4v) is 5.26. The molecule has 2 heterocycles. The molecule has 3 aliphatic rings. The summed E-state index contributed by atoms with van der Waals surface area (Å²) in [7, 11) is 0. The molecular weight excluding hydrogens is 312 g/mol. The van der Waals surface area contributed by atoms with Crippen molar-refractivity contribution in [3.63, 3.8) is 0 Å². The first-order valence-electron chi connectivity index (χ1n) is 9.70. The van der Waals surface area contributed by atoms with Crippen molar-refractivity contribution in [2.45, 2.75) is 52.2 Å². The van der Waals surface area contributed by atoms with Crippen molar-refractivity contribution in [2.24, 2.45) is 23.2 Å². The summed E-state index contributed by atoms with van der Waals surface area (Å²) in [5, 5.41) is 2.22. The first kappa shape index (κ1) is 16.8. The maximum Gasteiger partial charge on any atom is 0.315 e. The summed E-state index contributed by atoms with van der Waals surface area (Å²) in [5.41, 5.74) is 3.03. The van der Waals surface area contributed by atoms with Gasteiger partial charge >= 0.3 is 5.97 Å². The van der Waals surface area contributed by atoms with E-state index in [-0.39, 0.29) is 29.3 Å². The van der Waals surface area contributed by atoms with Crippen LogP contribution in [-0.4, -0.2) is 23.6 Å². The molecule has 1 aromatic rings. The number of carbonyl (C=O) groups excluding carboxylic acids is 1. The number of ether oxygens (including phenoxy) is 1. The first-order chi connectivity index (χ1) is 12.1. The number of carbonyl (C=O) groups is 1. The highest BCUT2D eigenvalue weighted by Gasteiger charge is 2.52. The molecule has 0 unspecified atom stereocenters. The minimum Gasteiger partial charge on any atom is -0.461 e. The second-order valence-electron chi connectivity index (χ2n) is 8.43. The second-order valence-corrected chi connectivity index (χ2v) is 8.43. The number of allylic oxidation sites excluding steroid dienone is 1. The summed E-state index contributed by atoms with van der Waals surface area (Å²) in [4.78, 5) is 16.6. The molecule has 1 aromatic heterocycles. The average Bonchev–Trinajstić information content (AvgIpc) is 2.88. The summed E-state index contributed by atoms with van der Waals surface area (Å²) in [6.07, 6.45) is 11.0. The van der Waals surface area contributed by atoms with Crippen LogP contribution in [-0.2, 0) is 16.1 Å². The first-order valence-corrected chi connectivity index (χ1v) is 9.70. The zero-order chi connectivity index (χ0) is 17.4. The Kier molecular flexibility index (Phi) is 4.40. The van der Waals surface area contributed by atoms with Crippen molar-refractivity contribution in [1.82, 2.24) is 4.98 Å². The lowest BCUT2D eigenvalue weighted by molar-refractivity contribution is -0.674. The monoisotopic (exact) mass is 341 g/mol. The molecule has 0 amide bonds. The van der Waals surface area contributed by atoms with Gasteiger partial charge in [-0.3, -0.25) is 9.78 Å². The lowest BCUT2D eigenvalue weighted by Crippen LogP contribution is -2.84. The number of hydrogen-bond acceptors (Lipinski definition) is 3. The molecule has 0 aromatic carbocycles. The van der Waals surface area contributed by atoms with Gasteiger partial charge in [-0.15, -0.1) is 0 Å². The molecule has 4 rings (SSSR count). The Bertz CT molecular complexity index is 672. The van der Waals surface area contributed by atoms with Gasteiger partial charge in [0.05, 0.1) is 6.54 Å². The Morgan fingerprint density at radius 2 is 2.32 bits per heavy atom. The van der Waals surface area contributed by atoms with Crippen molar-refractivity contribution < 1.29 is 14.8 Å². The van der Waals surface area contributed by atoms with Crippen LogP contribution in [0.4, 0.5) is 0 Å². The van der Waals surface area contributed by atoms with Crippen molar-refractivity contribution in [1.29, 1.82) is 0 Å². The molecule has 0 bridgehead atoms. The molecule has 0 radical (unpaired) electrons. The van der Waals surface area contributed by atoms with Gasteiger partial charge in [0.2, 0.25) is 0 Å². The largest absolute Gasteiger partial charge is 0.461 e. The van der Waals surface area contributed by atoms with Crippen LogP contribution in [0.1, 0.15) is 45.1 Å². The van der Waals surface area contributed by atoms with Crippen LogP contribution in [0.15, 0.2) is 36.2 Å². The van der Waals surface area contributed by atoms with E-state index in [4.69, 9.17) is 4.74 Å². The standard InChI is InChI=1S/C21H28N2O2/c1-14-5-3-7-21(2)10-19-16(9-18(14)21)17(20(24)25-19)13-23-12-15-6-4-8-22-11-15/h4,6,8-9,11,14,16-17,19,23H,3,5,7,10,12-13H2,1-2H3/p+1/t14-,16+,17+,19+,21+/m0/s1. The minimum atomic E-state index is -0.00662. The number of quaternary nitrogens is 1. The fraction of sp³-hybridized carbons (Fsp3) is 0.619. The number of aromatic nitrogens is 1. The van der Waals surface area contributed by atoms with Crippen LogP contribution in [0.25, 0.3) is 0 Å². The second kappa shape index (κ2) is 6.56. The maximum absolute atomic E-state index is 12.5. The van der Waals surface area contributed by atoms with Gasteiger partial charge < -0.3 is 10.1 Å². The quantitative estimate of drug-likeness (QED) is 0.676. The van der Waals surface area contributed by atoms with E-state index in [0.717, 1.165) is 19.5 Å². The number of rotatable bonds is 4. The van der Waals surface area contributed by atoms with Gasteiger partial charge in [0.1, 0.15) is 18.6 Å². The third kappa shape index (κ3) is 3.12. The Balaban J connectivity index is 1.47. The van der Waals surface area contributed by atoms with Crippen LogP contribution in [0, 0.1) is 23.2 Å². The smallest absolute Gasteiger partial charge is 0.315 e. The molecule has 1 saturated heterocycles. The zero-order valence-electron chi connectivity index (χ0n) is 15.3. The molecule has 0 spiro atoms. The number of fused-ring (bicyclic) bond motifs is 2. The van der Waals surface area contributed by atoms with Gasteiger partial charge in [0.25, 0.3) is 0 Å². The Hall–Kier alpha value is -1.68. The molecule has 4 heteroatoms. The fourth-order valence-electron chi connectivity index (χ4n) is 5.26. The van der Waals surface area contributed by atoms with Crippen molar-refractivity contribution >= 4 is 5.97 Å². The van der Waals surface area contributed by atoms with E-state index >= 15 is 0 Å². The van der Waals surface area contributed by atoms with E-state index in [1.54, 1.807) is 11.8 Å². The highest BCUT2D eigenvalue weighted by molar-refractivity contribution is 5.76. The summed E-state index contributed by atoms with van der Waals surface area (Å²) in [5.74, 6) is 0.911. The van der Waals surface area contributed by atoms with E-state index in [9.17, 15) is 4.79 Å². The van der Waals surface area contributed by atoms with Crippen LogP contribution < -0.4 is 5.32 Å². The molecular formula is C21H29N2O2+. The van der Waals surface area contributed by atoms with Crippen LogP contribution >= 0.6 is 0 Å². The molecule has 2 aliphatic carbocycles. The number of esters is 1. The van der Waals surface area contributed by atoms with Crippen LogP contribution in [0.2, 0.25) is 0 Å². The van der Waals surface area contributed by atoms with Crippen molar-refractivity contribution in [2.75, 3.05) is 6.54 Å². The lowest BCUT2D eigenvalue weighted by atomic mass is 9.59.